The topological polar surface area (TPSA) is 72.5 Å². The molecule has 3 rings (SSSR count). The summed E-state index contributed by atoms with van der Waals surface area (Å²) in [5.74, 6) is 0.0675. The lowest BCUT2D eigenvalue weighted by Crippen LogP contribution is -2.32. The Labute approximate surface area is 153 Å². The van der Waals surface area contributed by atoms with E-state index in [1.54, 1.807) is 0 Å². The zero-order chi connectivity index (χ0) is 18.8. The van der Waals surface area contributed by atoms with E-state index in [9.17, 15) is 14.4 Å². The first-order chi connectivity index (χ1) is 12.6. The molecule has 0 aromatic heterocycles. The summed E-state index contributed by atoms with van der Waals surface area (Å²) < 4.78 is 4.45. The van der Waals surface area contributed by atoms with Crippen molar-refractivity contribution in [1.29, 1.82) is 0 Å². The molecule has 5 nitrogen and oxygen atoms in total. The van der Waals surface area contributed by atoms with Gasteiger partial charge in [0.15, 0.2) is 5.78 Å². The number of ether oxygens (including phenoxy) is 1. The summed E-state index contributed by atoms with van der Waals surface area (Å²) in [5.41, 5.74) is 1.47. The minimum Gasteiger partial charge on any atom is -0.468 e. The number of rotatable bonds is 5. The van der Waals surface area contributed by atoms with E-state index in [1.807, 2.05) is 60.7 Å². The van der Waals surface area contributed by atoms with Gasteiger partial charge in [-0.15, -0.1) is 0 Å². The van der Waals surface area contributed by atoms with Gasteiger partial charge in [-0.25, -0.2) is 0 Å². The fourth-order valence-corrected chi connectivity index (χ4v) is 2.63. The Hall–Kier alpha value is -2.79. The van der Waals surface area contributed by atoms with E-state index in [-0.39, 0.29) is 30.1 Å². The van der Waals surface area contributed by atoms with Crippen LogP contribution < -0.4 is 5.32 Å². The highest BCUT2D eigenvalue weighted by Crippen LogP contribution is 2.13. The van der Waals surface area contributed by atoms with Gasteiger partial charge in [0.25, 0.3) is 0 Å². The molecule has 1 aliphatic rings. The first kappa shape index (κ1) is 19.5. The molecule has 1 fully saturated rings. The molecule has 0 spiro atoms. The molecule has 2 aromatic rings. The lowest BCUT2D eigenvalue weighted by molar-refractivity contribution is -0.139. The van der Waals surface area contributed by atoms with Gasteiger partial charge in [-0.3, -0.25) is 14.4 Å². The van der Waals surface area contributed by atoms with Crippen molar-refractivity contribution >= 4 is 17.5 Å². The molecule has 0 heterocycles. The van der Waals surface area contributed by atoms with Crippen molar-refractivity contribution in [3.63, 3.8) is 0 Å². The van der Waals surface area contributed by atoms with Crippen LogP contribution in [-0.2, 0) is 14.3 Å². The van der Waals surface area contributed by atoms with Crippen LogP contribution in [0.15, 0.2) is 60.7 Å². The predicted molar refractivity (Wildman–Crippen MR) is 99.0 cm³/mol. The number of benzene rings is 2. The summed E-state index contributed by atoms with van der Waals surface area (Å²) in [5, 5.41) is 2.97. The average molecular weight is 353 g/mol. The number of esters is 1. The van der Waals surface area contributed by atoms with Gasteiger partial charge in [0.1, 0.15) is 5.78 Å². The van der Waals surface area contributed by atoms with E-state index in [0.29, 0.717) is 12.8 Å². The normalized spacial score (nSPS) is 15.7. The third kappa shape index (κ3) is 6.26. The van der Waals surface area contributed by atoms with Crippen molar-refractivity contribution < 1.29 is 19.1 Å². The molecule has 136 valence electrons. The maximum atomic E-state index is 11.8. The van der Waals surface area contributed by atoms with Crippen molar-refractivity contribution in [3.8, 4) is 0 Å². The molecule has 1 atom stereocenters. The molecule has 5 heteroatoms. The van der Waals surface area contributed by atoms with Crippen LogP contribution in [0.4, 0.5) is 0 Å². The van der Waals surface area contributed by atoms with Crippen molar-refractivity contribution in [2.45, 2.75) is 25.3 Å². The molecule has 0 amide bonds. The van der Waals surface area contributed by atoms with E-state index >= 15 is 0 Å². The second-order valence-corrected chi connectivity index (χ2v) is 6.00. The summed E-state index contributed by atoms with van der Waals surface area (Å²) in [7, 11) is 1.35. The van der Waals surface area contributed by atoms with E-state index in [1.165, 1.54) is 7.11 Å². The Morgan fingerprint density at radius 3 is 1.96 bits per heavy atom. The molecule has 1 saturated carbocycles. The van der Waals surface area contributed by atoms with E-state index in [4.69, 9.17) is 0 Å². The Morgan fingerprint density at radius 2 is 1.54 bits per heavy atom. The number of nitrogens with one attached hydrogen (secondary N) is 1. The van der Waals surface area contributed by atoms with Crippen molar-refractivity contribution in [2.24, 2.45) is 0 Å². The lowest BCUT2D eigenvalue weighted by Gasteiger charge is -2.08. The first-order valence-electron chi connectivity index (χ1n) is 8.57. The number of ketones is 2. The Kier molecular flexibility index (Phi) is 7.71. The smallest absolute Gasteiger partial charge is 0.319 e. The van der Waals surface area contributed by atoms with Crippen molar-refractivity contribution in [2.75, 3.05) is 13.7 Å². The monoisotopic (exact) mass is 353 g/mol. The molecule has 1 N–H and O–H groups in total. The van der Waals surface area contributed by atoms with Gasteiger partial charge in [0, 0.05) is 30.0 Å². The summed E-state index contributed by atoms with van der Waals surface area (Å²) in [6.07, 6.45) is 2.03. The van der Waals surface area contributed by atoms with Gasteiger partial charge < -0.3 is 10.1 Å². The minimum absolute atomic E-state index is 0.0752. The van der Waals surface area contributed by atoms with Gasteiger partial charge in [0.05, 0.1) is 13.7 Å². The van der Waals surface area contributed by atoms with Gasteiger partial charge in [0.2, 0.25) is 0 Å². The summed E-state index contributed by atoms with van der Waals surface area (Å²) in [4.78, 5) is 33.3. The second kappa shape index (κ2) is 10.3. The zero-order valence-electron chi connectivity index (χ0n) is 14.8. The van der Waals surface area contributed by atoms with Crippen LogP contribution in [0, 0.1) is 0 Å². The fraction of sp³-hybridized carbons (Fsp3) is 0.286. The average Bonchev–Trinajstić information content (AvgIpc) is 3.12. The first-order valence-corrected chi connectivity index (χ1v) is 8.57. The molecule has 0 aliphatic heterocycles. The lowest BCUT2D eigenvalue weighted by atomic mass is 10.0. The van der Waals surface area contributed by atoms with Gasteiger partial charge >= 0.3 is 5.97 Å². The Bertz CT molecular complexity index is 687. The molecule has 1 unspecified atom stereocenters. The standard InChI is InChI=1S/C13H10O.C8H13NO3/c14-13(11-7-3-1-4-8-11)12-9-5-2-6-10-12;1-12-8(11)5-9-6-2-3-7(10)4-6/h1-10H;6,9H,2-5H2,1H3. The maximum Gasteiger partial charge on any atom is 0.319 e. The maximum absolute atomic E-state index is 11.8. The highest BCUT2D eigenvalue weighted by molar-refractivity contribution is 6.08. The quantitative estimate of drug-likeness (QED) is 0.661. The molecule has 0 radical (unpaired) electrons. The third-order valence-corrected chi connectivity index (χ3v) is 4.08. The number of hydrogen-bond donors (Lipinski definition) is 1. The second-order valence-electron chi connectivity index (χ2n) is 6.00. The molecule has 0 bridgehead atoms. The molecular formula is C21H23NO4. The van der Waals surface area contributed by atoms with Crippen LogP contribution in [0.3, 0.4) is 0 Å². The van der Waals surface area contributed by atoms with E-state index in [0.717, 1.165) is 17.5 Å². The highest BCUT2D eigenvalue weighted by Gasteiger charge is 2.21. The molecular weight excluding hydrogens is 330 g/mol. The van der Waals surface area contributed by atoms with Crippen molar-refractivity contribution in [3.05, 3.63) is 71.8 Å². The Morgan fingerprint density at radius 1 is 1.00 bits per heavy atom. The summed E-state index contributed by atoms with van der Waals surface area (Å²) in [6.45, 7) is 0.203. The third-order valence-electron chi connectivity index (χ3n) is 4.08. The van der Waals surface area contributed by atoms with Crippen LogP contribution >= 0.6 is 0 Å². The molecule has 26 heavy (non-hydrogen) atoms. The van der Waals surface area contributed by atoms with Gasteiger partial charge in [-0.05, 0) is 6.42 Å². The predicted octanol–water partition coefficient (Wildman–Crippen LogP) is 2.79. The number of hydrogen-bond acceptors (Lipinski definition) is 5. The Balaban J connectivity index is 0.000000190. The molecule has 2 aromatic carbocycles. The SMILES string of the molecule is COC(=O)CNC1CCC(=O)C1.O=C(c1ccccc1)c1ccccc1. The van der Waals surface area contributed by atoms with Gasteiger partial charge in [-0.1, -0.05) is 60.7 Å². The summed E-state index contributed by atoms with van der Waals surface area (Å²) >= 11 is 0. The van der Waals surface area contributed by atoms with E-state index < -0.39 is 0 Å². The number of Topliss-reactive ketones (excluding diaryl/α,β-unsaturated/α-hetero) is 1. The number of methoxy groups -OCH3 is 1. The van der Waals surface area contributed by atoms with Crippen LogP contribution in [0.2, 0.25) is 0 Å². The molecule has 0 saturated heterocycles. The fourth-order valence-electron chi connectivity index (χ4n) is 2.63. The number of carbonyl (C=O) groups is 3. The van der Waals surface area contributed by atoms with Crippen molar-refractivity contribution in [1.82, 2.24) is 5.32 Å². The largest absolute Gasteiger partial charge is 0.468 e. The highest BCUT2D eigenvalue weighted by atomic mass is 16.5. The minimum atomic E-state index is -0.283. The zero-order valence-corrected chi connectivity index (χ0v) is 14.8. The van der Waals surface area contributed by atoms with Crippen LogP contribution in [0.1, 0.15) is 35.2 Å². The van der Waals surface area contributed by atoms with Gasteiger partial charge in [-0.2, -0.15) is 0 Å². The van der Waals surface area contributed by atoms with Crippen LogP contribution in [-0.4, -0.2) is 37.2 Å². The van der Waals surface area contributed by atoms with Crippen LogP contribution in [0.25, 0.3) is 0 Å². The summed E-state index contributed by atoms with van der Waals surface area (Å²) in [6, 6.07) is 18.8. The van der Waals surface area contributed by atoms with E-state index in [2.05, 4.69) is 10.1 Å². The van der Waals surface area contributed by atoms with Crippen LogP contribution in [0.5, 0.6) is 0 Å². The molecule has 1 aliphatic carbocycles. The number of carbonyl (C=O) groups excluding carboxylic acids is 3.